The number of allylic oxidation sites excluding steroid dienone is 1. The maximum atomic E-state index is 2.32. The zero-order valence-corrected chi connectivity index (χ0v) is 10.4. The molecule has 0 bridgehead atoms. The van der Waals surface area contributed by atoms with Crippen molar-refractivity contribution in [3.8, 4) is 0 Å². The van der Waals surface area contributed by atoms with E-state index < -0.39 is 0 Å². The predicted molar refractivity (Wildman–Crippen MR) is 75.3 cm³/mol. The number of hydrogen-bond donors (Lipinski definition) is 0. The van der Waals surface area contributed by atoms with Gasteiger partial charge in [-0.1, -0.05) is 55.8 Å². The lowest BCUT2D eigenvalue weighted by Gasteiger charge is -2.16. The summed E-state index contributed by atoms with van der Waals surface area (Å²) in [5, 5.41) is 2.88. The molecule has 0 spiro atoms. The molecule has 3 rings (SSSR count). The highest BCUT2D eigenvalue weighted by Crippen LogP contribution is 2.31. The molecule has 17 heavy (non-hydrogen) atoms. The molecule has 0 saturated carbocycles. The van der Waals surface area contributed by atoms with Crippen LogP contribution in [0.15, 0.2) is 36.4 Å². The van der Waals surface area contributed by atoms with Gasteiger partial charge in [0.2, 0.25) is 0 Å². The van der Waals surface area contributed by atoms with E-state index in [0.717, 1.165) is 6.42 Å². The van der Waals surface area contributed by atoms with Gasteiger partial charge in [0.1, 0.15) is 0 Å². The van der Waals surface area contributed by atoms with E-state index in [1.165, 1.54) is 46.7 Å². The third-order valence-corrected chi connectivity index (χ3v) is 3.68. The molecule has 0 fully saturated rings. The fourth-order valence-corrected chi connectivity index (χ4v) is 2.78. The lowest BCUT2D eigenvalue weighted by atomic mass is 9.88. The Kier molecular flexibility index (Phi) is 2.72. The van der Waals surface area contributed by atoms with Crippen LogP contribution in [0.5, 0.6) is 0 Å². The minimum atomic E-state index is 1.08. The summed E-state index contributed by atoms with van der Waals surface area (Å²) in [4.78, 5) is 0. The smallest absolute Gasteiger partial charge is 0.00735 e. The minimum Gasteiger partial charge on any atom is -0.0795 e. The van der Waals surface area contributed by atoms with Crippen molar-refractivity contribution in [1.82, 2.24) is 0 Å². The van der Waals surface area contributed by atoms with Crippen molar-refractivity contribution in [2.24, 2.45) is 0 Å². The zero-order chi connectivity index (χ0) is 11.7. The maximum Gasteiger partial charge on any atom is -0.00735 e. The molecule has 0 saturated heterocycles. The largest absolute Gasteiger partial charge is 0.0795 e. The lowest BCUT2D eigenvalue weighted by Crippen LogP contribution is -1.97. The quantitative estimate of drug-likeness (QED) is 0.703. The first-order valence-corrected chi connectivity index (χ1v) is 6.60. The van der Waals surface area contributed by atoms with Gasteiger partial charge in [-0.15, -0.1) is 0 Å². The van der Waals surface area contributed by atoms with Crippen molar-refractivity contribution in [3.63, 3.8) is 0 Å². The standard InChI is InChI=1S/C17H18/c1-2-3-6-13-11-12-15-8-4-7-14-9-5-10-16(13)17(14)15/h4-5,7-8,10-12H,2-3,6,9H2,1H3. The van der Waals surface area contributed by atoms with Gasteiger partial charge in [0, 0.05) is 0 Å². The molecule has 2 aromatic carbocycles. The molecule has 86 valence electrons. The molecule has 0 aromatic heterocycles. The molecular weight excluding hydrogens is 204 g/mol. The molecule has 0 radical (unpaired) electrons. The van der Waals surface area contributed by atoms with Crippen LogP contribution in [-0.2, 0) is 12.8 Å². The number of aryl methyl sites for hydroxylation is 1. The van der Waals surface area contributed by atoms with E-state index in [9.17, 15) is 0 Å². The van der Waals surface area contributed by atoms with Gasteiger partial charge < -0.3 is 0 Å². The van der Waals surface area contributed by atoms with Gasteiger partial charge >= 0.3 is 0 Å². The van der Waals surface area contributed by atoms with Crippen LogP contribution in [0, 0.1) is 0 Å². The third-order valence-electron chi connectivity index (χ3n) is 3.68. The summed E-state index contributed by atoms with van der Waals surface area (Å²) in [6.45, 7) is 2.26. The van der Waals surface area contributed by atoms with Crippen molar-refractivity contribution in [3.05, 3.63) is 53.1 Å². The van der Waals surface area contributed by atoms with Gasteiger partial charge in [0.15, 0.2) is 0 Å². The van der Waals surface area contributed by atoms with E-state index in [0.29, 0.717) is 0 Å². The van der Waals surface area contributed by atoms with E-state index in [-0.39, 0.29) is 0 Å². The van der Waals surface area contributed by atoms with Crippen molar-refractivity contribution in [2.75, 3.05) is 0 Å². The topological polar surface area (TPSA) is 0 Å². The molecule has 1 aliphatic rings. The summed E-state index contributed by atoms with van der Waals surface area (Å²) < 4.78 is 0. The minimum absolute atomic E-state index is 1.08. The van der Waals surface area contributed by atoms with Crippen LogP contribution < -0.4 is 0 Å². The molecule has 0 aliphatic heterocycles. The first-order chi connectivity index (χ1) is 8.40. The molecule has 0 amide bonds. The Morgan fingerprint density at radius 2 is 2.06 bits per heavy atom. The van der Waals surface area contributed by atoms with Crippen LogP contribution in [0.2, 0.25) is 0 Å². The Labute approximate surface area is 103 Å². The summed E-state index contributed by atoms with van der Waals surface area (Å²) >= 11 is 0. The van der Waals surface area contributed by atoms with Crippen LogP contribution in [0.4, 0.5) is 0 Å². The fraction of sp³-hybridized carbons (Fsp3) is 0.294. The molecule has 0 unspecified atom stereocenters. The highest BCUT2D eigenvalue weighted by Gasteiger charge is 2.11. The highest BCUT2D eigenvalue weighted by molar-refractivity contribution is 5.96. The Bertz CT molecular complexity index is 576. The SMILES string of the molecule is CCCCc1ccc2cccc3c2c1C=CC3. The van der Waals surface area contributed by atoms with Crippen molar-refractivity contribution >= 4 is 16.8 Å². The predicted octanol–water partition coefficient (Wildman–Crippen LogP) is 4.75. The number of unbranched alkanes of at least 4 members (excludes halogenated alkanes) is 1. The Morgan fingerprint density at radius 3 is 2.94 bits per heavy atom. The average molecular weight is 222 g/mol. The molecule has 0 heterocycles. The first kappa shape index (κ1) is 10.6. The van der Waals surface area contributed by atoms with Crippen LogP contribution >= 0.6 is 0 Å². The first-order valence-electron chi connectivity index (χ1n) is 6.60. The zero-order valence-electron chi connectivity index (χ0n) is 10.4. The number of hydrogen-bond acceptors (Lipinski definition) is 0. The molecule has 0 N–H and O–H groups in total. The van der Waals surface area contributed by atoms with E-state index >= 15 is 0 Å². The fourth-order valence-electron chi connectivity index (χ4n) is 2.78. The summed E-state index contributed by atoms with van der Waals surface area (Å²) in [5.41, 5.74) is 4.47. The van der Waals surface area contributed by atoms with Gasteiger partial charge in [-0.2, -0.15) is 0 Å². The number of benzene rings is 2. The monoisotopic (exact) mass is 222 g/mol. The van der Waals surface area contributed by atoms with Crippen molar-refractivity contribution in [2.45, 2.75) is 32.6 Å². The van der Waals surface area contributed by atoms with E-state index in [1.807, 2.05) is 0 Å². The Morgan fingerprint density at radius 1 is 1.12 bits per heavy atom. The molecule has 1 aliphatic carbocycles. The van der Waals surface area contributed by atoms with Gasteiger partial charge in [0.25, 0.3) is 0 Å². The molecule has 2 aromatic rings. The van der Waals surface area contributed by atoms with Crippen LogP contribution in [-0.4, -0.2) is 0 Å². The molecular formula is C17H18. The number of rotatable bonds is 3. The molecule has 0 nitrogen and oxygen atoms in total. The second kappa shape index (κ2) is 4.37. The second-order valence-electron chi connectivity index (χ2n) is 4.86. The summed E-state index contributed by atoms with van der Waals surface area (Å²) in [7, 11) is 0. The highest BCUT2D eigenvalue weighted by atomic mass is 14.2. The van der Waals surface area contributed by atoms with Gasteiger partial charge in [-0.05, 0) is 46.7 Å². The second-order valence-corrected chi connectivity index (χ2v) is 4.86. The lowest BCUT2D eigenvalue weighted by molar-refractivity contribution is 0.795. The van der Waals surface area contributed by atoms with E-state index in [1.54, 1.807) is 0 Å². The average Bonchev–Trinajstić information content (AvgIpc) is 2.39. The van der Waals surface area contributed by atoms with Crippen LogP contribution in [0.25, 0.3) is 16.8 Å². The van der Waals surface area contributed by atoms with Gasteiger partial charge in [-0.3, -0.25) is 0 Å². The van der Waals surface area contributed by atoms with Crippen LogP contribution in [0.1, 0.15) is 36.5 Å². The summed E-state index contributed by atoms with van der Waals surface area (Å²) in [6.07, 6.45) is 9.46. The van der Waals surface area contributed by atoms with Crippen molar-refractivity contribution in [1.29, 1.82) is 0 Å². The normalized spacial score (nSPS) is 13.2. The summed E-state index contributed by atoms with van der Waals surface area (Å²) in [5.74, 6) is 0. The Balaban J connectivity index is 2.21. The Hall–Kier alpha value is -1.56. The molecule has 0 heteroatoms. The van der Waals surface area contributed by atoms with Crippen molar-refractivity contribution < 1.29 is 0 Å². The molecule has 0 atom stereocenters. The summed E-state index contributed by atoms with van der Waals surface area (Å²) in [6, 6.07) is 11.3. The van der Waals surface area contributed by atoms with Gasteiger partial charge in [0.05, 0.1) is 0 Å². The van der Waals surface area contributed by atoms with Gasteiger partial charge in [-0.25, -0.2) is 0 Å². The maximum absolute atomic E-state index is 2.32. The van der Waals surface area contributed by atoms with E-state index in [2.05, 4.69) is 49.4 Å². The van der Waals surface area contributed by atoms with E-state index in [4.69, 9.17) is 0 Å². The third kappa shape index (κ3) is 1.78. The van der Waals surface area contributed by atoms with Crippen LogP contribution in [0.3, 0.4) is 0 Å².